The van der Waals surface area contributed by atoms with Crippen molar-refractivity contribution in [2.45, 2.75) is 77.0 Å². The molecule has 4 nitrogen and oxygen atoms in total. The Morgan fingerprint density at radius 2 is 0.902 bits per heavy atom. The van der Waals surface area contributed by atoms with Gasteiger partial charge in [-0.3, -0.25) is 0 Å². The average molecular weight is 1060 g/mol. The number of hydrogen-bond donors (Lipinski definition) is 0. The van der Waals surface area contributed by atoms with Crippen LogP contribution in [0, 0.1) is 0 Å². The monoisotopic (exact) mass is 1050 g/mol. The van der Waals surface area contributed by atoms with Crippen LogP contribution in [0.5, 0.6) is 0 Å². The van der Waals surface area contributed by atoms with Crippen LogP contribution in [0.3, 0.4) is 0 Å². The summed E-state index contributed by atoms with van der Waals surface area (Å²) in [4.78, 5) is 2.58. The standard InChI is InChI=1S/C78H58N2O2/c1-75(2)56-37-38-65-67(51-25-14-18-31-63(51)81-65)66(56)54-42-59-53(41-60(54)75)46-35-33-44(39-57(46)76(59,3)4)79(62-30-20-27-48-47-23-13-17-29-61(47)80(73(48)62)43-21-10-9-11-22-43)45-34-36-50-58(40-45)78(7,8)71-68(50)69-52-26-15-19-32-64(52)82-74(69)70-49-24-12-16-28-55(49)77(5,6)72(70)71/h9-42H,1-8H3. The molecule has 0 radical (unpaired) electrons. The van der Waals surface area contributed by atoms with E-state index in [1.165, 1.54) is 127 Å². The molecule has 4 aliphatic rings. The van der Waals surface area contributed by atoms with Crippen molar-refractivity contribution in [3.8, 4) is 50.2 Å². The minimum atomic E-state index is -0.379. The van der Waals surface area contributed by atoms with Crippen molar-refractivity contribution in [2.24, 2.45) is 0 Å². The number of furan rings is 2. The largest absolute Gasteiger partial charge is 0.456 e. The summed E-state index contributed by atoms with van der Waals surface area (Å²) in [5.74, 6) is 0. The Morgan fingerprint density at radius 3 is 1.68 bits per heavy atom. The van der Waals surface area contributed by atoms with E-state index >= 15 is 0 Å². The fourth-order valence-electron chi connectivity index (χ4n) is 16.5. The van der Waals surface area contributed by atoms with Crippen LogP contribution in [0.15, 0.2) is 215 Å². The Bertz CT molecular complexity index is 5230. The zero-order valence-electron chi connectivity index (χ0n) is 47.3. The van der Waals surface area contributed by atoms with Gasteiger partial charge in [0.05, 0.1) is 16.7 Å². The van der Waals surface area contributed by atoms with Gasteiger partial charge in [0.1, 0.15) is 22.3 Å². The second-order valence-corrected chi connectivity index (χ2v) is 25.9. The zero-order chi connectivity index (χ0) is 55.1. The Morgan fingerprint density at radius 1 is 0.341 bits per heavy atom. The molecule has 3 aromatic heterocycles. The van der Waals surface area contributed by atoms with E-state index in [0.29, 0.717) is 0 Å². The van der Waals surface area contributed by atoms with Gasteiger partial charge in [-0.15, -0.1) is 0 Å². The van der Waals surface area contributed by atoms with E-state index < -0.39 is 0 Å². The van der Waals surface area contributed by atoms with Gasteiger partial charge in [0.15, 0.2) is 0 Å². The summed E-state index contributed by atoms with van der Waals surface area (Å²) >= 11 is 0. The first kappa shape index (κ1) is 46.4. The van der Waals surface area contributed by atoms with Crippen molar-refractivity contribution in [1.29, 1.82) is 0 Å². The first-order chi connectivity index (χ1) is 39.7. The molecule has 0 fully saturated rings. The number of anilines is 3. The van der Waals surface area contributed by atoms with Crippen LogP contribution in [0.25, 0.3) is 116 Å². The van der Waals surface area contributed by atoms with Gasteiger partial charge in [-0.05, 0) is 162 Å². The molecule has 0 bridgehead atoms. The van der Waals surface area contributed by atoms with E-state index in [1.54, 1.807) is 0 Å². The van der Waals surface area contributed by atoms with Crippen LogP contribution >= 0.6 is 0 Å². The molecule has 14 aromatic rings. The summed E-state index contributed by atoms with van der Waals surface area (Å²) in [6.07, 6.45) is 0. The number of nitrogens with zero attached hydrogens (tertiary/aromatic N) is 2. The van der Waals surface area contributed by atoms with E-state index in [1.807, 2.05) is 0 Å². The number of rotatable bonds is 4. The van der Waals surface area contributed by atoms with Gasteiger partial charge in [0.2, 0.25) is 0 Å². The Balaban J connectivity index is 0.882. The van der Waals surface area contributed by atoms with Gasteiger partial charge in [-0.1, -0.05) is 183 Å². The highest BCUT2D eigenvalue weighted by Gasteiger charge is 2.49. The Kier molecular flexibility index (Phi) is 8.67. The molecule has 0 amide bonds. The van der Waals surface area contributed by atoms with Crippen molar-refractivity contribution in [3.05, 3.63) is 251 Å². The molecule has 4 aliphatic carbocycles. The van der Waals surface area contributed by atoms with Crippen LogP contribution in [0.1, 0.15) is 99.9 Å². The fourth-order valence-corrected chi connectivity index (χ4v) is 16.5. The van der Waals surface area contributed by atoms with Gasteiger partial charge in [-0.2, -0.15) is 0 Å². The summed E-state index contributed by atoms with van der Waals surface area (Å²) in [5.41, 5.74) is 30.7. The highest BCUT2D eigenvalue weighted by atomic mass is 16.3. The summed E-state index contributed by atoms with van der Waals surface area (Å²) in [7, 11) is 0. The number of fused-ring (bicyclic) bond motifs is 25. The number of aromatic nitrogens is 1. The lowest BCUT2D eigenvalue weighted by molar-refractivity contribution is 0.600. The maximum Gasteiger partial charge on any atom is 0.144 e. The first-order valence-corrected chi connectivity index (χ1v) is 29.2. The predicted molar refractivity (Wildman–Crippen MR) is 340 cm³/mol. The predicted octanol–water partition coefficient (Wildman–Crippen LogP) is 21.3. The second kappa shape index (κ2) is 15.3. The highest BCUT2D eigenvalue weighted by Crippen LogP contribution is 2.65. The molecule has 0 spiro atoms. The number of para-hydroxylation sites is 5. The lowest BCUT2D eigenvalue weighted by Gasteiger charge is -2.32. The Labute approximate surface area is 476 Å². The molecule has 3 heterocycles. The molecule has 82 heavy (non-hydrogen) atoms. The summed E-state index contributed by atoms with van der Waals surface area (Å²) in [5, 5.41) is 7.21. The molecule has 0 unspecified atom stereocenters. The second-order valence-electron chi connectivity index (χ2n) is 25.9. The van der Waals surface area contributed by atoms with Crippen LogP contribution in [-0.2, 0) is 21.7 Å². The average Bonchev–Trinajstić information content (AvgIpc) is 1.70. The molecular weight excluding hydrogens is 997 g/mol. The SMILES string of the molecule is CC1(C)c2cc(N(c3ccc4c(c3)C(C)(C)c3c5c(c6oc7ccccc7c6c3-4)-c3ccccc3C5(C)C)c3cccc4c5ccccc5n(-c5ccccc5)c34)ccc2-c2cc3c(cc21)-c1c(ccc2oc4ccccc4c12)C3(C)C. The molecule has 18 rings (SSSR count). The van der Waals surface area contributed by atoms with Crippen LogP contribution < -0.4 is 4.90 Å². The lowest BCUT2D eigenvalue weighted by Crippen LogP contribution is -2.24. The molecule has 4 heteroatoms. The molecule has 392 valence electrons. The summed E-state index contributed by atoms with van der Waals surface area (Å²) in [6.45, 7) is 19.5. The van der Waals surface area contributed by atoms with Gasteiger partial charge in [0.25, 0.3) is 0 Å². The maximum absolute atomic E-state index is 7.08. The van der Waals surface area contributed by atoms with E-state index in [-0.39, 0.29) is 21.7 Å². The lowest BCUT2D eigenvalue weighted by atomic mass is 9.72. The normalized spacial score (nSPS) is 16.0. The van der Waals surface area contributed by atoms with Gasteiger partial charge < -0.3 is 18.3 Å². The third kappa shape index (κ3) is 5.58. The summed E-state index contributed by atoms with van der Waals surface area (Å²) in [6, 6.07) is 77.3. The van der Waals surface area contributed by atoms with Crippen LogP contribution in [-0.4, -0.2) is 4.57 Å². The minimum Gasteiger partial charge on any atom is -0.456 e. The molecule has 0 atom stereocenters. The highest BCUT2D eigenvalue weighted by molar-refractivity contribution is 6.21. The Hall–Kier alpha value is -9.38. The van der Waals surface area contributed by atoms with Gasteiger partial charge in [0, 0.05) is 76.6 Å². The van der Waals surface area contributed by atoms with Crippen molar-refractivity contribution in [2.75, 3.05) is 4.90 Å². The summed E-state index contributed by atoms with van der Waals surface area (Å²) < 4.78 is 16.1. The van der Waals surface area contributed by atoms with E-state index in [9.17, 15) is 0 Å². The minimum absolute atomic E-state index is 0.205. The third-order valence-corrected chi connectivity index (χ3v) is 20.3. The van der Waals surface area contributed by atoms with Gasteiger partial charge in [-0.25, -0.2) is 0 Å². The van der Waals surface area contributed by atoms with Crippen LogP contribution in [0.4, 0.5) is 17.1 Å². The van der Waals surface area contributed by atoms with Crippen molar-refractivity contribution < 1.29 is 8.83 Å². The van der Waals surface area contributed by atoms with E-state index in [2.05, 4.69) is 271 Å². The molecular formula is C78H58N2O2. The van der Waals surface area contributed by atoms with E-state index in [0.717, 1.165) is 50.5 Å². The molecule has 11 aromatic carbocycles. The molecule has 0 saturated heterocycles. The maximum atomic E-state index is 7.08. The molecule has 0 aliphatic heterocycles. The molecule has 0 saturated carbocycles. The van der Waals surface area contributed by atoms with Crippen molar-refractivity contribution >= 4 is 82.7 Å². The fraction of sp³-hybridized carbons (Fsp3) is 0.154. The topological polar surface area (TPSA) is 34.5 Å². The molecule has 0 N–H and O–H groups in total. The smallest absolute Gasteiger partial charge is 0.144 e. The zero-order valence-corrected chi connectivity index (χ0v) is 47.3. The van der Waals surface area contributed by atoms with Crippen molar-refractivity contribution in [1.82, 2.24) is 4.57 Å². The third-order valence-electron chi connectivity index (χ3n) is 20.3. The van der Waals surface area contributed by atoms with Crippen LogP contribution in [0.2, 0.25) is 0 Å². The first-order valence-electron chi connectivity index (χ1n) is 29.2. The van der Waals surface area contributed by atoms with Crippen molar-refractivity contribution in [3.63, 3.8) is 0 Å². The number of hydrogen-bond acceptors (Lipinski definition) is 3. The van der Waals surface area contributed by atoms with Gasteiger partial charge >= 0.3 is 0 Å². The quantitative estimate of drug-likeness (QED) is 0.176. The number of benzene rings is 11. The van der Waals surface area contributed by atoms with E-state index in [4.69, 9.17) is 8.83 Å².